The number of aliphatic hydroxyl groups excluding tert-OH is 1. The molecule has 2 aromatic rings. The van der Waals surface area contributed by atoms with Crippen molar-refractivity contribution < 1.29 is 14.7 Å². The van der Waals surface area contributed by atoms with Gasteiger partial charge in [-0.05, 0) is 60.0 Å². The summed E-state index contributed by atoms with van der Waals surface area (Å²) in [6.07, 6.45) is 3.00. The number of hydrogen-bond acceptors (Lipinski definition) is 5. The number of carbonyl (C=O) groups excluding carboxylic acids is 2. The third-order valence-electron chi connectivity index (χ3n) is 4.70. The summed E-state index contributed by atoms with van der Waals surface area (Å²) in [5.41, 5.74) is 2.57. The lowest BCUT2D eigenvalue weighted by Gasteiger charge is -2.27. The molecule has 0 fully saturated rings. The number of anilines is 1. The summed E-state index contributed by atoms with van der Waals surface area (Å²) in [5.74, 6) is -0.129. The van der Waals surface area contributed by atoms with Crippen LogP contribution in [0.3, 0.4) is 0 Å². The van der Waals surface area contributed by atoms with E-state index in [-0.39, 0.29) is 5.56 Å². The Morgan fingerprint density at radius 3 is 2.55 bits per heavy atom. The maximum absolute atomic E-state index is 13.3. The van der Waals surface area contributed by atoms with E-state index in [0.717, 1.165) is 11.4 Å². The Hall–Kier alpha value is -2.43. The molecule has 0 saturated heterocycles. The molecular weight excluding hydrogens is 530 g/mol. The Morgan fingerprint density at radius 1 is 1.19 bits per heavy atom. The highest BCUT2D eigenvalue weighted by molar-refractivity contribution is 9.10. The normalized spacial score (nSPS) is 14.6. The number of aromatic nitrogens is 2. The van der Waals surface area contributed by atoms with Crippen molar-refractivity contribution in [1.82, 2.24) is 20.0 Å². The van der Waals surface area contributed by atoms with Gasteiger partial charge in [0.25, 0.3) is 11.8 Å². The van der Waals surface area contributed by atoms with Crippen LogP contribution in [0.2, 0.25) is 0 Å². The van der Waals surface area contributed by atoms with E-state index in [1.54, 1.807) is 29.8 Å². The van der Waals surface area contributed by atoms with Crippen LogP contribution in [0.1, 0.15) is 40.3 Å². The molecule has 0 aliphatic carbocycles. The van der Waals surface area contributed by atoms with Crippen molar-refractivity contribution in [3.63, 3.8) is 0 Å². The number of halogens is 2. The molecule has 1 aromatic heterocycles. The van der Waals surface area contributed by atoms with Crippen molar-refractivity contribution in [3.05, 3.63) is 61.8 Å². The summed E-state index contributed by atoms with van der Waals surface area (Å²) in [5, 5.41) is 19.3. The first-order chi connectivity index (χ1) is 14.6. The van der Waals surface area contributed by atoms with Crippen LogP contribution >= 0.6 is 31.9 Å². The van der Waals surface area contributed by atoms with Crippen LogP contribution in [0.4, 0.5) is 5.69 Å². The van der Waals surface area contributed by atoms with Crippen LogP contribution in [0.5, 0.6) is 0 Å². The quantitative estimate of drug-likeness (QED) is 0.491. The minimum atomic E-state index is -1.03. The van der Waals surface area contributed by atoms with Gasteiger partial charge in [0.05, 0.1) is 11.3 Å². The fourth-order valence-electron chi connectivity index (χ4n) is 3.39. The average molecular weight is 553 g/mol. The topological polar surface area (TPSA) is 99.5 Å². The number of likely N-dealkylation sites (N-methyl/N-ethyl adjacent to an activating group) is 1. The molecule has 164 valence electrons. The Labute approximate surface area is 197 Å². The minimum Gasteiger partial charge on any atom is -0.374 e. The molecule has 1 unspecified atom stereocenters. The third-order valence-corrected chi connectivity index (χ3v) is 5.54. The molecule has 10 heteroatoms. The molecule has 1 aliphatic rings. The Balaban J connectivity index is 2.03. The largest absolute Gasteiger partial charge is 0.374 e. The van der Waals surface area contributed by atoms with Crippen LogP contribution in [0.15, 0.2) is 45.0 Å². The van der Waals surface area contributed by atoms with E-state index in [4.69, 9.17) is 0 Å². The molecule has 1 atom stereocenters. The molecule has 3 N–H and O–H groups in total. The first-order valence-electron chi connectivity index (χ1n) is 9.53. The van der Waals surface area contributed by atoms with Gasteiger partial charge >= 0.3 is 0 Å². The highest BCUT2D eigenvalue weighted by Crippen LogP contribution is 2.28. The molecule has 8 nitrogen and oxygen atoms in total. The second kappa shape index (κ2) is 9.37. The fraction of sp³-hybridized carbons (Fsp3) is 0.286. The Morgan fingerprint density at radius 2 is 1.90 bits per heavy atom. The summed E-state index contributed by atoms with van der Waals surface area (Å²) >= 11 is 6.74. The maximum Gasteiger partial charge on any atom is 0.274 e. The van der Waals surface area contributed by atoms with Gasteiger partial charge in [0.1, 0.15) is 22.3 Å². The lowest BCUT2D eigenvalue weighted by molar-refractivity contribution is 0.0819. The smallest absolute Gasteiger partial charge is 0.274 e. The lowest BCUT2D eigenvalue weighted by atomic mass is 10.1. The molecule has 3 rings (SSSR count). The number of nitrogens with one attached hydrogen (secondary N) is 2. The summed E-state index contributed by atoms with van der Waals surface area (Å²) in [6.45, 7) is 5.89. The zero-order valence-electron chi connectivity index (χ0n) is 17.5. The first kappa shape index (κ1) is 23.2. The predicted molar refractivity (Wildman–Crippen MR) is 127 cm³/mol. The van der Waals surface area contributed by atoms with E-state index >= 15 is 0 Å². The summed E-state index contributed by atoms with van der Waals surface area (Å²) in [7, 11) is 1.93. The van der Waals surface area contributed by atoms with E-state index in [1.807, 2.05) is 31.0 Å². The van der Waals surface area contributed by atoms with Gasteiger partial charge in [0.2, 0.25) is 0 Å². The third kappa shape index (κ3) is 5.08. The highest BCUT2D eigenvalue weighted by atomic mass is 79.9. The summed E-state index contributed by atoms with van der Waals surface area (Å²) in [4.78, 5) is 27.9. The second-order valence-electron chi connectivity index (χ2n) is 7.30. The van der Waals surface area contributed by atoms with Gasteiger partial charge in [0, 0.05) is 24.1 Å². The van der Waals surface area contributed by atoms with Crippen LogP contribution in [0, 0.1) is 6.92 Å². The molecule has 2 amide bonds. The zero-order valence-corrected chi connectivity index (χ0v) is 20.7. The van der Waals surface area contributed by atoms with E-state index in [1.165, 1.54) is 6.92 Å². The molecule has 0 bridgehead atoms. The van der Waals surface area contributed by atoms with Gasteiger partial charge in [-0.2, -0.15) is 5.10 Å². The van der Waals surface area contributed by atoms with Crippen molar-refractivity contribution in [2.75, 3.05) is 18.9 Å². The first-order valence-corrected chi connectivity index (χ1v) is 11.1. The summed E-state index contributed by atoms with van der Waals surface area (Å²) < 4.78 is 2.78. The summed E-state index contributed by atoms with van der Waals surface area (Å²) in [6, 6.07) is 5.03. The molecule has 0 radical (unpaired) electrons. The average Bonchev–Trinajstić information content (AvgIpc) is 3.04. The molecule has 0 spiro atoms. The number of allylic oxidation sites excluding steroid dienone is 2. The monoisotopic (exact) mass is 551 g/mol. The van der Waals surface area contributed by atoms with Gasteiger partial charge in [-0.25, -0.2) is 4.68 Å². The van der Waals surface area contributed by atoms with Crippen LogP contribution in [-0.4, -0.2) is 51.4 Å². The van der Waals surface area contributed by atoms with Gasteiger partial charge in [-0.3, -0.25) is 9.59 Å². The van der Waals surface area contributed by atoms with Crippen molar-refractivity contribution >= 4 is 55.2 Å². The van der Waals surface area contributed by atoms with Gasteiger partial charge in [-0.15, -0.1) is 0 Å². The standard InChI is InChI=1S/C21H23Br2N5O3/c1-11-6-5-7-27(4)21(11)28-16(10-17(23)26-28)20(31)25-18-12(2)8-14(22)9-15(18)19(30)24-13(3)29/h5-6,8-10,13,29H,7H2,1-4H3,(H,24,30)(H,25,31). The molecule has 0 saturated carbocycles. The molecule has 31 heavy (non-hydrogen) atoms. The van der Waals surface area contributed by atoms with Gasteiger partial charge < -0.3 is 20.6 Å². The van der Waals surface area contributed by atoms with Crippen LogP contribution < -0.4 is 10.6 Å². The van der Waals surface area contributed by atoms with E-state index in [0.29, 0.717) is 32.6 Å². The van der Waals surface area contributed by atoms with E-state index in [9.17, 15) is 14.7 Å². The van der Waals surface area contributed by atoms with Crippen molar-refractivity contribution in [1.29, 1.82) is 0 Å². The van der Waals surface area contributed by atoms with Gasteiger partial charge in [-0.1, -0.05) is 28.1 Å². The number of aliphatic hydroxyl groups is 1. The number of hydrogen-bond donors (Lipinski definition) is 3. The predicted octanol–water partition coefficient (Wildman–Crippen LogP) is 3.73. The van der Waals surface area contributed by atoms with E-state index in [2.05, 4.69) is 47.6 Å². The maximum atomic E-state index is 13.3. The number of rotatable bonds is 5. The van der Waals surface area contributed by atoms with Crippen molar-refractivity contribution in [2.24, 2.45) is 0 Å². The number of benzene rings is 1. The number of amides is 2. The highest BCUT2D eigenvalue weighted by Gasteiger charge is 2.24. The van der Waals surface area contributed by atoms with Crippen molar-refractivity contribution in [3.8, 4) is 0 Å². The Bertz CT molecular complexity index is 1100. The lowest BCUT2D eigenvalue weighted by Crippen LogP contribution is -2.33. The van der Waals surface area contributed by atoms with Gasteiger partial charge in [0.15, 0.2) is 0 Å². The molecule has 1 aliphatic heterocycles. The minimum absolute atomic E-state index is 0.236. The molecule has 1 aromatic carbocycles. The molecule has 2 heterocycles. The number of aryl methyl sites for hydroxylation is 1. The number of nitrogens with zero attached hydrogens (tertiary/aromatic N) is 3. The molecular formula is C21H23Br2N5O3. The SMILES string of the molecule is CC1=C(n2nc(Br)cc2C(=O)Nc2c(C)cc(Br)cc2C(=O)NC(C)O)N(C)CC=C1. The van der Waals surface area contributed by atoms with Crippen molar-refractivity contribution in [2.45, 2.75) is 27.0 Å². The Kier molecular flexibility index (Phi) is 7.03. The second-order valence-corrected chi connectivity index (χ2v) is 9.03. The fourth-order valence-corrected chi connectivity index (χ4v) is 4.33. The van der Waals surface area contributed by atoms with Crippen LogP contribution in [0.25, 0.3) is 5.82 Å². The zero-order chi connectivity index (χ0) is 22.9. The van der Waals surface area contributed by atoms with E-state index < -0.39 is 18.0 Å². The van der Waals surface area contributed by atoms with Crippen LogP contribution in [-0.2, 0) is 0 Å². The number of carbonyl (C=O) groups is 2.